The van der Waals surface area contributed by atoms with Crippen molar-refractivity contribution in [3.05, 3.63) is 122 Å². The normalized spacial score (nSPS) is 14.5. The molecule has 5 atom stereocenters. The van der Waals surface area contributed by atoms with Crippen molar-refractivity contribution in [3.8, 4) is 0 Å². The molecule has 104 heavy (non-hydrogen) atoms. The highest BCUT2D eigenvalue weighted by Gasteiger charge is 2.30. The van der Waals surface area contributed by atoms with Crippen molar-refractivity contribution in [3.63, 3.8) is 0 Å². The fourth-order valence-corrected chi connectivity index (χ4v) is 12.3. The van der Waals surface area contributed by atoms with Crippen LogP contribution in [-0.4, -0.2) is 96.7 Å². The van der Waals surface area contributed by atoms with Crippen molar-refractivity contribution in [1.82, 2.24) is 0 Å². The van der Waals surface area contributed by atoms with Gasteiger partial charge in [0.1, 0.15) is 19.3 Å². The van der Waals surface area contributed by atoms with Gasteiger partial charge in [-0.3, -0.25) is 37.3 Å². The Hall–Kier alpha value is -4.54. The average molecular weight is 1500 g/mol. The zero-order valence-electron chi connectivity index (χ0n) is 65.4. The minimum Gasteiger partial charge on any atom is -0.462 e. The van der Waals surface area contributed by atoms with Crippen LogP contribution in [-0.2, 0) is 65.4 Å². The third-order valence-electron chi connectivity index (χ3n) is 16.9. The molecule has 598 valence electrons. The molecule has 0 aliphatic rings. The lowest BCUT2D eigenvalue weighted by Gasteiger charge is -2.21. The fourth-order valence-electron chi connectivity index (χ4n) is 10.7. The first kappa shape index (κ1) is 99.5. The molecule has 17 nitrogen and oxygen atoms in total. The molecular formula is C85H146O17P2. The average Bonchev–Trinajstić information content (AvgIpc) is 0.918. The standard InChI is InChI=1S/C85H146O17P2/c1-5-9-13-17-21-25-29-33-36-38-39-41-44-47-50-54-58-62-66-70-83(88)96-76-81(102-85(90)72-68-64-60-56-52-48-42-35-31-27-23-19-15-11-7-3)78-100-104(93,94)98-74-79(86)73-97-103(91,92)99-77-80(101-84(89)71-67-63-59-55-51-45-32-28-24-20-16-12-8-4)75-95-82(87)69-65-61-57-53-49-46-43-40-37-34-30-26-22-18-14-10-6-2/h10,14,16,20-22,25-26,28,32-34,36-37,39,41,43,46,53,57,79-81,86H,5-9,11-13,15,17-19,23-24,27,29-31,35,38,40,42,44-45,47-52,54-56,58-78H2,1-4H3,(H,91,92)(H,93,94)/b14-10-,20-16-,25-21-,26-22-,32-28-,36-33-,37-34-,41-39-,46-43-,57-53-. The Labute approximate surface area is 632 Å². The van der Waals surface area contributed by atoms with Crippen molar-refractivity contribution in [1.29, 1.82) is 0 Å². The van der Waals surface area contributed by atoms with Gasteiger partial charge in [-0.05, 0) is 128 Å². The van der Waals surface area contributed by atoms with Crippen LogP contribution in [0.25, 0.3) is 0 Å². The monoisotopic (exact) mass is 1500 g/mol. The Balaban J connectivity index is 5.40. The van der Waals surface area contributed by atoms with Gasteiger partial charge in [0.25, 0.3) is 0 Å². The second-order valence-corrected chi connectivity index (χ2v) is 29.9. The minimum atomic E-state index is -4.99. The van der Waals surface area contributed by atoms with Gasteiger partial charge in [0.2, 0.25) is 0 Å². The van der Waals surface area contributed by atoms with Gasteiger partial charge in [-0.2, -0.15) is 0 Å². The van der Waals surface area contributed by atoms with Crippen molar-refractivity contribution >= 4 is 39.5 Å². The summed E-state index contributed by atoms with van der Waals surface area (Å²) >= 11 is 0. The number of aliphatic hydroxyl groups excluding tert-OH is 1. The molecule has 5 unspecified atom stereocenters. The fraction of sp³-hybridized carbons (Fsp3) is 0.718. The molecule has 0 radical (unpaired) electrons. The third-order valence-corrected chi connectivity index (χ3v) is 18.8. The molecule has 0 aliphatic carbocycles. The number of hydrogen-bond acceptors (Lipinski definition) is 15. The summed E-state index contributed by atoms with van der Waals surface area (Å²) in [6, 6.07) is 0. The Morgan fingerprint density at radius 1 is 0.279 bits per heavy atom. The molecule has 0 aromatic carbocycles. The van der Waals surface area contributed by atoms with Crippen LogP contribution < -0.4 is 0 Å². The van der Waals surface area contributed by atoms with E-state index in [2.05, 4.69) is 137 Å². The summed E-state index contributed by atoms with van der Waals surface area (Å²) in [4.78, 5) is 73.0. The van der Waals surface area contributed by atoms with Crippen LogP contribution in [0, 0.1) is 0 Å². The van der Waals surface area contributed by atoms with E-state index in [-0.39, 0.29) is 25.7 Å². The number of allylic oxidation sites excluding steroid dienone is 20. The lowest BCUT2D eigenvalue weighted by Crippen LogP contribution is -2.30. The number of phosphoric ester groups is 2. The molecule has 0 saturated carbocycles. The number of carbonyl (C=O) groups is 4. The molecule has 19 heteroatoms. The van der Waals surface area contributed by atoms with Crippen molar-refractivity contribution in [2.24, 2.45) is 0 Å². The number of esters is 4. The van der Waals surface area contributed by atoms with E-state index in [0.29, 0.717) is 32.1 Å². The van der Waals surface area contributed by atoms with Gasteiger partial charge in [0.15, 0.2) is 12.2 Å². The smallest absolute Gasteiger partial charge is 0.462 e. The minimum absolute atomic E-state index is 0.0645. The highest BCUT2D eigenvalue weighted by molar-refractivity contribution is 7.47. The molecule has 0 bridgehead atoms. The van der Waals surface area contributed by atoms with Crippen LogP contribution >= 0.6 is 15.6 Å². The third kappa shape index (κ3) is 75.7. The quantitative estimate of drug-likeness (QED) is 0.0169. The van der Waals surface area contributed by atoms with E-state index < -0.39 is 97.5 Å². The maximum atomic E-state index is 13.1. The molecule has 0 aliphatic heterocycles. The van der Waals surface area contributed by atoms with E-state index >= 15 is 0 Å². The molecule has 0 fully saturated rings. The summed E-state index contributed by atoms with van der Waals surface area (Å²) in [6.07, 6.45) is 84.6. The van der Waals surface area contributed by atoms with Crippen molar-refractivity contribution < 1.29 is 80.2 Å². The maximum Gasteiger partial charge on any atom is 0.472 e. The van der Waals surface area contributed by atoms with Crippen LogP contribution in [0.5, 0.6) is 0 Å². The predicted octanol–water partition coefficient (Wildman–Crippen LogP) is 23.9. The number of carbonyl (C=O) groups excluding carboxylic acids is 4. The van der Waals surface area contributed by atoms with E-state index in [9.17, 15) is 43.2 Å². The van der Waals surface area contributed by atoms with Crippen LogP contribution in [0.2, 0.25) is 0 Å². The first-order chi connectivity index (χ1) is 50.7. The first-order valence-corrected chi connectivity index (χ1v) is 43.8. The van der Waals surface area contributed by atoms with E-state index in [1.54, 1.807) is 0 Å². The highest BCUT2D eigenvalue weighted by Crippen LogP contribution is 2.45. The molecule has 0 spiro atoms. The Morgan fingerprint density at radius 2 is 0.529 bits per heavy atom. The van der Waals surface area contributed by atoms with Gasteiger partial charge in [-0.1, -0.05) is 303 Å². The van der Waals surface area contributed by atoms with Gasteiger partial charge in [-0.15, -0.1) is 0 Å². The van der Waals surface area contributed by atoms with E-state index in [0.717, 1.165) is 167 Å². The van der Waals surface area contributed by atoms with Crippen LogP contribution in [0.1, 0.15) is 336 Å². The second-order valence-electron chi connectivity index (χ2n) is 27.0. The summed E-state index contributed by atoms with van der Waals surface area (Å²) in [5, 5.41) is 10.6. The van der Waals surface area contributed by atoms with Crippen molar-refractivity contribution in [2.75, 3.05) is 39.6 Å². The van der Waals surface area contributed by atoms with Gasteiger partial charge in [-0.25, -0.2) is 9.13 Å². The van der Waals surface area contributed by atoms with E-state index in [1.807, 2.05) is 12.2 Å². The zero-order valence-corrected chi connectivity index (χ0v) is 67.2. The number of hydrogen-bond donors (Lipinski definition) is 3. The van der Waals surface area contributed by atoms with Crippen LogP contribution in [0.3, 0.4) is 0 Å². The lowest BCUT2D eigenvalue weighted by molar-refractivity contribution is -0.161. The van der Waals surface area contributed by atoms with E-state index in [1.165, 1.54) is 83.5 Å². The highest BCUT2D eigenvalue weighted by atomic mass is 31.2. The number of phosphoric acid groups is 2. The number of rotatable bonds is 76. The van der Waals surface area contributed by atoms with Crippen LogP contribution in [0.15, 0.2) is 122 Å². The maximum absolute atomic E-state index is 13.1. The number of ether oxygens (including phenoxy) is 4. The van der Waals surface area contributed by atoms with Gasteiger partial charge >= 0.3 is 39.5 Å². The summed E-state index contributed by atoms with van der Waals surface area (Å²) in [7, 11) is -9.98. The zero-order chi connectivity index (χ0) is 76.0. The molecule has 0 aromatic heterocycles. The first-order valence-electron chi connectivity index (χ1n) is 40.8. The molecule has 0 aromatic rings. The summed E-state index contributed by atoms with van der Waals surface area (Å²) in [6.45, 7) is 4.61. The number of aliphatic hydroxyl groups is 1. The van der Waals surface area contributed by atoms with Gasteiger partial charge in [0, 0.05) is 25.7 Å². The predicted molar refractivity (Wildman–Crippen MR) is 427 cm³/mol. The topological polar surface area (TPSA) is 237 Å². The summed E-state index contributed by atoms with van der Waals surface area (Å²) in [5.74, 6) is -2.26. The lowest BCUT2D eigenvalue weighted by atomic mass is 10.0. The Bertz CT molecular complexity index is 2440. The molecule has 0 saturated heterocycles. The second kappa shape index (κ2) is 76.6. The molecule has 3 N–H and O–H groups in total. The largest absolute Gasteiger partial charge is 0.472 e. The SMILES string of the molecule is CC/C=C\C/C=C\C/C=C\C/C=C\C/C=C\CCCC(=O)OCC(COP(=O)(O)OCC(O)COP(=O)(O)OCC(COC(=O)CCCCCCCC/C=C\C/C=C\C/C=C\CCCCC)OC(=O)CCCCCCCCCCCCCCCCC)OC(=O)CCCCCCC/C=C\C/C=C\CCC. The molecular weight excluding hydrogens is 1350 g/mol. The van der Waals surface area contributed by atoms with Gasteiger partial charge in [0.05, 0.1) is 26.4 Å². The van der Waals surface area contributed by atoms with Crippen LogP contribution in [0.4, 0.5) is 0 Å². The van der Waals surface area contributed by atoms with Crippen molar-refractivity contribution in [2.45, 2.75) is 354 Å². The molecule has 0 heterocycles. The Kier molecular flexibility index (Phi) is 73.3. The molecule has 0 rings (SSSR count). The summed E-state index contributed by atoms with van der Waals surface area (Å²) < 4.78 is 68.6. The molecule has 0 amide bonds. The number of unbranched alkanes of at least 4 members (excludes halogenated alkanes) is 30. The summed E-state index contributed by atoms with van der Waals surface area (Å²) in [5.41, 5.74) is 0. The van der Waals surface area contributed by atoms with E-state index in [4.69, 9.17) is 37.0 Å². The Morgan fingerprint density at radius 3 is 0.865 bits per heavy atom. The van der Waals surface area contributed by atoms with Gasteiger partial charge < -0.3 is 33.8 Å².